The average molecular weight is 255 g/mol. The third-order valence-corrected chi connectivity index (χ3v) is 4.32. The van der Waals surface area contributed by atoms with Crippen molar-refractivity contribution in [2.75, 3.05) is 17.6 Å². The van der Waals surface area contributed by atoms with Crippen molar-refractivity contribution in [3.05, 3.63) is 30.5 Å². The standard InChI is InChI=1S/C16H21N3/c1-16(8-2-3-9-16)11-19-14-7-6-13(17)12-5-4-10-18-15(12)14/h4-7,10,19H,2-3,8-9,11,17H2,1H3. The van der Waals surface area contributed by atoms with Crippen molar-refractivity contribution in [3.63, 3.8) is 0 Å². The van der Waals surface area contributed by atoms with Gasteiger partial charge in [-0.25, -0.2) is 0 Å². The molecule has 3 nitrogen and oxygen atoms in total. The summed E-state index contributed by atoms with van der Waals surface area (Å²) in [6.07, 6.45) is 7.18. The zero-order chi connectivity index (χ0) is 13.3. The van der Waals surface area contributed by atoms with Gasteiger partial charge in [0, 0.05) is 23.8 Å². The van der Waals surface area contributed by atoms with Crippen LogP contribution in [0.5, 0.6) is 0 Å². The van der Waals surface area contributed by atoms with Crippen LogP contribution in [0.3, 0.4) is 0 Å². The number of benzene rings is 1. The quantitative estimate of drug-likeness (QED) is 0.820. The summed E-state index contributed by atoms with van der Waals surface area (Å²) in [6, 6.07) is 7.97. The largest absolute Gasteiger partial charge is 0.398 e. The van der Waals surface area contributed by atoms with Crippen LogP contribution in [0.1, 0.15) is 32.6 Å². The van der Waals surface area contributed by atoms with Crippen LogP contribution >= 0.6 is 0 Å². The van der Waals surface area contributed by atoms with Crippen molar-refractivity contribution < 1.29 is 0 Å². The maximum Gasteiger partial charge on any atom is 0.0953 e. The summed E-state index contributed by atoms with van der Waals surface area (Å²) < 4.78 is 0. The normalized spacial score (nSPS) is 17.7. The minimum atomic E-state index is 0.433. The number of anilines is 2. The zero-order valence-corrected chi connectivity index (χ0v) is 11.4. The van der Waals surface area contributed by atoms with Gasteiger partial charge in [0.1, 0.15) is 0 Å². The Morgan fingerprint density at radius 3 is 2.84 bits per heavy atom. The smallest absolute Gasteiger partial charge is 0.0953 e. The van der Waals surface area contributed by atoms with E-state index in [9.17, 15) is 0 Å². The summed E-state index contributed by atoms with van der Waals surface area (Å²) >= 11 is 0. The third kappa shape index (κ3) is 2.37. The lowest BCUT2D eigenvalue weighted by molar-refractivity contribution is 0.362. The van der Waals surface area contributed by atoms with E-state index >= 15 is 0 Å². The Hall–Kier alpha value is -1.77. The number of pyridine rings is 1. The van der Waals surface area contributed by atoms with Crippen molar-refractivity contribution in [3.8, 4) is 0 Å². The number of nitrogens with zero attached hydrogens (tertiary/aromatic N) is 1. The minimum absolute atomic E-state index is 0.433. The number of nitrogens with two attached hydrogens (primary N) is 1. The van der Waals surface area contributed by atoms with Crippen molar-refractivity contribution in [2.24, 2.45) is 5.41 Å². The van der Waals surface area contributed by atoms with E-state index in [1.807, 2.05) is 30.5 Å². The van der Waals surface area contributed by atoms with Crippen LogP contribution in [-0.2, 0) is 0 Å². The highest BCUT2D eigenvalue weighted by Crippen LogP contribution is 2.38. The Kier molecular flexibility index (Phi) is 3.05. The second-order valence-electron chi connectivity index (χ2n) is 5.97. The Morgan fingerprint density at radius 1 is 1.26 bits per heavy atom. The predicted molar refractivity (Wildman–Crippen MR) is 81.2 cm³/mol. The first-order valence-electron chi connectivity index (χ1n) is 7.05. The van der Waals surface area contributed by atoms with Crippen molar-refractivity contribution >= 4 is 22.3 Å². The molecule has 0 unspecified atom stereocenters. The molecule has 3 rings (SSSR count). The number of rotatable bonds is 3. The van der Waals surface area contributed by atoms with E-state index in [1.165, 1.54) is 25.7 Å². The highest BCUT2D eigenvalue weighted by Gasteiger charge is 2.28. The highest BCUT2D eigenvalue weighted by atomic mass is 14.9. The molecule has 0 saturated heterocycles. The Morgan fingerprint density at radius 2 is 2.05 bits per heavy atom. The number of nitrogens with one attached hydrogen (secondary N) is 1. The molecule has 1 heterocycles. The molecule has 0 atom stereocenters. The summed E-state index contributed by atoms with van der Waals surface area (Å²) in [4.78, 5) is 4.47. The second-order valence-corrected chi connectivity index (χ2v) is 5.97. The molecule has 1 aliphatic carbocycles. The topological polar surface area (TPSA) is 50.9 Å². The molecular weight excluding hydrogens is 234 g/mol. The molecule has 0 spiro atoms. The molecule has 19 heavy (non-hydrogen) atoms. The monoisotopic (exact) mass is 255 g/mol. The lowest BCUT2D eigenvalue weighted by Gasteiger charge is -2.24. The SMILES string of the molecule is CC1(CNc2ccc(N)c3cccnc23)CCCC1. The molecule has 1 aromatic heterocycles. The van der Waals surface area contributed by atoms with Gasteiger partial charge in [-0.1, -0.05) is 19.8 Å². The Balaban J connectivity index is 1.87. The van der Waals surface area contributed by atoms with E-state index in [0.717, 1.165) is 28.8 Å². The third-order valence-electron chi connectivity index (χ3n) is 4.32. The van der Waals surface area contributed by atoms with Crippen molar-refractivity contribution in [1.29, 1.82) is 0 Å². The minimum Gasteiger partial charge on any atom is -0.398 e. The van der Waals surface area contributed by atoms with Crippen LogP contribution < -0.4 is 11.1 Å². The fourth-order valence-corrected chi connectivity index (χ4v) is 3.05. The van der Waals surface area contributed by atoms with Crippen LogP contribution in [0.2, 0.25) is 0 Å². The molecule has 3 heteroatoms. The average Bonchev–Trinajstić information content (AvgIpc) is 2.86. The van der Waals surface area contributed by atoms with Crippen LogP contribution in [0.25, 0.3) is 10.9 Å². The van der Waals surface area contributed by atoms with Gasteiger partial charge >= 0.3 is 0 Å². The van der Waals surface area contributed by atoms with E-state index in [-0.39, 0.29) is 0 Å². The first-order valence-corrected chi connectivity index (χ1v) is 7.05. The fourth-order valence-electron chi connectivity index (χ4n) is 3.05. The van der Waals surface area contributed by atoms with Gasteiger partial charge in [0.15, 0.2) is 0 Å². The van der Waals surface area contributed by atoms with Crippen LogP contribution in [0.15, 0.2) is 30.5 Å². The summed E-state index contributed by atoms with van der Waals surface area (Å²) in [7, 11) is 0. The molecule has 1 fully saturated rings. The first kappa shape index (κ1) is 12.3. The molecule has 2 aromatic rings. The van der Waals surface area contributed by atoms with Crippen LogP contribution in [0, 0.1) is 5.41 Å². The van der Waals surface area contributed by atoms with E-state index in [0.29, 0.717) is 5.41 Å². The Labute approximate surface area is 114 Å². The van der Waals surface area contributed by atoms with Crippen LogP contribution in [0.4, 0.5) is 11.4 Å². The molecule has 1 aromatic carbocycles. The maximum absolute atomic E-state index is 6.00. The lowest BCUT2D eigenvalue weighted by Crippen LogP contribution is -2.23. The maximum atomic E-state index is 6.00. The van der Waals surface area contributed by atoms with Gasteiger partial charge in [-0.15, -0.1) is 0 Å². The molecule has 0 bridgehead atoms. The van der Waals surface area contributed by atoms with Crippen LogP contribution in [-0.4, -0.2) is 11.5 Å². The summed E-state index contributed by atoms with van der Waals surface area (Å²) in [5.41, 5.74) is 9.30. The molecule has 1 aliphatic rings. The number of hydrogen-bond acceptors (Lipinski definition) is 3. The molecule has 1 saturated carbocycles. The molecule has 0 aliphatic heterocycles. The Bertz CT molecular complexity index is 586. The fraction of sp³-hybridized carbons (Fsp3) is 0.438. The van der Waals surface area contributed by atoms with Gasteiger partial charge < -0.3 is 11.1 Å². The van der Waals surface area contributed by atoms with E-state index < -0.39 is 0 Å². The summed E-state index contributed by atoms with van der Waals surface area (Å²) in [6.45, 7) is 3.39. The van der Waals surface area contributed by atoms with Gasteiger partial charge in [-0.3, -0.25) is 4.98 Å². The molecule has 0 amide bonds. The highest BCUT2D eigenvalue weighted by molar-refractivity contribution is 5.98. The van der Waals surface area contributed by atoms with E-state index in [1.54, 1.807) is 0 Å². The number of fused-ring (bicyclic) bond motifs is 1. The number of hydrogen-bond donors (Lipinski definition) is 2. The molecule has 100 valence electrons. The summed E-state index contributed by atoms with van der Waals surface area (Å²) in [5, 5.41) is 4.61. The number of nitrogen functional groups attached to an aromatic ring is 1. The van der Waals surface area contributed by atoms with Gasteiger partial charge in [-0.2, -0.15) is 0 Å². The number of aromatic nitrogens is 1. The second kappa shape index (κ2) is 4.72. The molecule has 3 N–H and O–H groups in total. The van der Waals surface area contributed by atoms with Gasteiger partial charge in [0.2, 0.25) is 0 Å². The lowest BCUT2D eigenvalue weighted by atomic mass is 9.89. The van der Waals surface area contributed by atoms with Crippen molar-refractivity contribution in [2.45, 2.75) is 32.6 Å². The summed E-state index contributed by atoms with van der Waals surface area (Å²) in [5.74, 6) is 0. The van der Waals surface area contributed by atoms with Gasteiger partial charge in [-0.05, 0) is 42.5 Å². The van der Waals surface area contributed by atoms with Gasteiger partial charge in [0.05, 0.1) is 11.2 Å². The van der Waals surface area contributed by atoms with Crippen molar-refractivity contribution in [1.82, 2.24) is 4.98 Å². The van der Waals surface area contributed by atoms with E-state index in [2.05, 4.69) is 17.2 Å². The van der Waals surface area contributed by atoms with E-state index in [4.69, 9.17) is 5.73 Å². The molecular formula is C16H21N3. The first-order chi connectivity index (χ1) is 9.18. The predicted octanol–water partition coefficient (Wildman–Crippen LogP) is 3.81. The zero-order valence-electron chi connectivity index (χ0n) is 11.4. The molecule has 0 radical (unpaired) electrons. The van der Waals surface area contributed by atoms with Gasteiger partial charge in [0.25, 0.3) is 0 Å².